The van der Waals surface area contributed by atoms with E-state index >= 15 is 0 Å². The molecule has 0 amide bonds. The van der Waals surface area contributed by atoms with Crippen LogP contribution in [0.3, 0.4) is 0 Å². The van der Waals surface area contributed by atoms with Crippen LogP contribution in [0.4, 0.5) is 0 Å². The molecule has 6 nitrogen and oxygen atoms in total. The molecule has 25 heavy (non-hydrogen) atoms. The van der Waals surface area contributed by atoms with Gasteiger partial charge in [0.05, 0.1) is 13.2 Å². The Morgan fingerprint density at radius 3 is 1.96 bits per heavy atom. The molecule has 0 atom stereocenters. The zero-order valence-electron chi connectivity index (χ0n) is 15.7. The van der Waals surface area contributed by atoms with Crippen molar-refractivity contribution in [3.8, 4) is 0 Å². The first kappa shape index (κ1) is 25.6. The molecule has 0 bridgehead atoms. The Hall–Kier alpha value is -1.66. The fourth-order valence-electron chi connectivity index (χ4n) is 2.07. The van der Waals surface area contributed by atoms with Gasteiger partial charge >= 0.3 is 11.9 Å². The van der Waals surface area contributed by atoms with Gasteiger partial charge in [-0.2, -0.15) is 0 Å². The van der Waals surface area contributed by atoms with Crippen molar-refractivity contribution in [1.82, 2.24) is 0 Å². The molecule has 1 aliphatic carbocycles. The Morgan fingerprint density at radius 2 is 1.48 bits per heavy atom. The third-order valence-corrected chi connectivity index (χ3v) is 3.22. The molecule has 1 N–H and O–H groups in total. The van der Waals surface area contributed by atoms with Crippen LogP contribution in [0.1, 0.15) is 46.0 Å². The molecule has 0 aromatic carbocycles. The first-order valence-corrected chi connectivity index (χ1v) is 8.91. The van der Waals surface area contributed by atoms with Gasteiger partial charge in [-0.3, -0.25) is 0 Å². The third kappa shape index (κ3) is 18.5. The van der Waals surface area contributed by atoms with E-state index in [1.807, 2.05) is 13.8 Å². The molecule has 0 aromatic rings. The van der Waals surface area contributed by atoms with E-state index < -0.39 is 5.97 Å². The van der Waals surface area contributed by atoms with Crippen molar-refractivity contribution in [2.75, 3.05) is 33.0 Å². The lowest BCUT2D eigenvalue weighted by atomic mass is 9.90. The summed E-state index contributed by atoms with van der Waals surface area (Å²) in [5, 5.41) is 8.10. The van der Waals surface area contributed by atoms with Crippen LogP contribution in [0.25, 0.3) is 0 Å². The molecule has 1 rings (SSSR count). The van der Waals surface area contributed by atoms with Gasteiger partial charge in [0.15, 0.2) is 0 Å². The molecular weight excluding hydrogens is 324 g/mol. The maximum Gasteiger partial charge on any atom is 0.330 e. The second-order valence-corrected chi connectivity index (χ2v) is 5.05. The van der Waals surface area contributed by atoms with Gasteiger partial charge in [0.25, 0.3) is 0 Å². The predicted molar refractivity (Wildman–Crippen MR) is 98.1 cm³/mol. The monoisotopic (exact) mass is 358 g/mol. The van der Waals surface area contributed by atoms with Gasteiger partial charge in [-0.15, -0.1) is 0 Å². The summed E-state index contributed by atoms with van der Waals surface area (Å²) in [6.07, 6.45) is 8.82. The highest BCUT2D eigenvalue weighted by molar-refractivity contribution is 5.81. The second-order valence-electron chi connectivity index (χ2n) is 5.05. The SMILES string of the molecule is C=CC(=O)OCCO.C=CC(=O)OCCOCC1CCCCC1.CC. The summed E-state index contributed by atoms with van der Waals surface area (Å²) in [6, 6.07) is 0. The summed E-state index contributed by atoms with van der Waals surface area (Å²) in [7, 11) is 0. The number of rotatable bonds is 9. The highest BCUT2D eigenvalue weighted by Crippen LogP contribution is 2.23. The van der Waals surface area contributed by atoms with Gasteiger partial charge in [-0.1, -0.05) is 46.3 Å². The smallest absolute Gasteiger partial charge is 0.330 e. The molecule has 0 unspecified atom stereocenters. The number of carbonyl (C=O) groups excluding carboxylic acids is 2. The molecule has 0 aromatic heterocycles. The van der Waals surface area contributed by atoms with Crippen molar-refractivity contribution in [3.63, 3.8) is 0 Å². The van der Waals surface area contributed by atoms with Gasteiger partial charge in [-0.25, -0.2) is 9.59 Å². The summed E-state index contributed by atoms with van der Waals surface area (Å²) in [4.78, 5) is 20.8. The van der Waals surface area contributed by atoms with E-state index in [9.17, 15) is 9.59 Å². The van der Waals surface area contributed by atoms with Crippen LogP contribution in [0.15, 0.2) is 25.3 Å². The highest BCUT2D eigenvalue weighted by Gasteiger charge is 2.12. The average molecular weight is 358 g/mol. The van der Waals surface area contributed by atoms with Gasteiger partial charge in [0, 0.05) is 18.8 Å². The van der Waals surface area contributed by atoms with Crippen molar-refractivity contribution < 1.29 is 28.9 Å². The summed E-state index contributed by atoms with van der Waals surface area (Å²) >= 11 is 0. The number of hydrogen-bond acceptors (Lipinski definition) is 6. The fraction of sp³-hybridized carbons (Fsp3) is 0.684. The van der Waals surface area contributed by atoms with E-state index in [4.69, 9.17) is 14.6 Å². The van der Waals surface area contributed by atoms with Crippen LogP contribution in [0, 0.1) is 5.92 Å². The van der Waals surface area contributed by atoms with Gasteiger partial charge in [0.2, 0.25) is 0 Å². The Morgan fingerprint density at radius 1 is 0.960 bits per heavy atom. The zero-order chi connectivity index (χ0) is 19.3. The number of esters is 2. The zero-order valence-corrected chi connectivity index (χ0v) is 15.7. The number of aliphatic hydroxyl groups is 1. The second kappa shape index (κ2) is 20.4. The van der Waals surface area contributed by atoms with E-state index in [2.05, 4.69) is 17.9 Å². The third-order valence-electron chi connectivity index (χ3n) is 3.22. The Labute approximate surface area is 151 Å². The maximum absolute atomic E-state index is 10.7. The highest BCUT2D eigenvalue weighted by atomic mass is 16.6. The molecule has 0 saturated heterocycles. The molecule has 0 aliphatic heterocycles. The van der Waals surface area contributed by atoms with Crippen molar-refractivity contribution in [1.29, 1.82) is 0 Å². The molecule has 146 valence electrons. The number of aliphatic hydroxyl groups excluding tert-OH is 1. The van der Waals surface area contributed by atoms with Crippen molar-refractivity contribution in [2.24, 2.45) is 5.92 Å². The Bertz CT molecular complexity index is 348. The molecule has 0 radical (unpaired) electrons. The van der Waals surface area contributed by atoms with Gasteiger partial charge in [0.1, 0.15) is 13.2 Å². The minimum Gasteiger partial charge on any atom is -0.460 e. The van der Waals surface area contributed by atoms with Crippen molar-refractivity contribution >= 4 is 11.9 Å². The largest absolute Gasteiger partial charge is 0.460 e. The fourth-order valence-corrected chi connectivity index (χ4v) is 2.07. The molecule has 1 saturated carbocycles. The lowest BCUT2D eigenvalue weighted by molar-refractivity contribution is -0.140. The van der Waals surface area contributed by atoms with E-state index in [-0.39, 0.29) is 19.2 Å². The number of ether oxygens (including phenoxy) is 3. The van der Waals surface area contributed by atoms with Crippen LogP contribution >= 0.6 is 0 Å². The summed E-state index contributed by atoms with van der Waals surface area (Å²) in [5.41, 5.74) is 0. The summed E-state index contributed by atoms with van der Waals surface area (Å²) < 4.78 is 14.6. The minimum atomic E-state index is -0.501. The summed E-state index contributed by atoms with van der Waals surface area (Å²) in [6.45, 7) is 12.0. The standard InChI is InChI=1S/C12H20O3.C5H8O3.C2H6/c1-2-12(13)15-9-8-14-10-11-6-4-3-5-7-11;1-2-5(7)8-4-3-6;1-2/h2,11H,1,3-10H2;2,6H,1,3-4H2;1-2H3. The van der Waals surface area contributed by atoms with Gasteiger partial charge < -0.3 is 19.3 Å². The van der Waals surface area contributed by atoms with E-state index in [1.165, 1.54) is 38.2 Å². The molecule has 0 spiro atoms. The first-order chi connectivity index (χ1) is 12.1. The maximum atomic E-state index is 10.7. The molecular formula is C19H34O6. The van der Waals surface area contributed by atoms with E-state index in [1.54, 1.807) is 0 Å². The average Bonchev–Trinajstić information content (AvgIpc) is 2.68. The van der Waals surface area contributed by atoms with Crippen LogP contribution in [-0.4, -0.2) is 50.1 Å². The molecule has 0 heterocycles. The number of carbonyl (C=O) groups is 2. The van der Waals surface area contributed by atoms with E-state index in [0.29, 0.717) is 19.1 Å². The molecule has 1 fully saturated rings. The van der Waals surface area contributed by atoms with Gasteiger partial charge in [-0.05, 0) is 18.8 Å². The summed E-state index contributed by atoms with van der Waals surface area (Å²) in [5.74, 6) is -0.163. The Balaban J connectivity index is 0. The predicted octanol–water partition coefficient (Wildman–Crippen LogP) is 3.05. The lowest BCUT2D eigenvalue weighted by Gasteiger charge is -2.21. The lowest BCUT2D eigenvalue weighted by Crippen LogP contribution is -2.16. The first-order valence-electron chi connectivity index (χ1n) is 8.91. The van der Waals surface area contributed by atoms with Crippen LogP contribution in [0.2, 0.25) is 0 Å². The normalized spacial score (nSPS) is 13.2. The van der Waals surface area contributed by atoms with Crippen molar-refractivity contribution in [2.45, 2.75) is 46.0 Å². The quantitative estimate of drug-likeness (QED) is 0.387. The topological polar surface area (TPSA) is 82.1 Å². The number of hydrogen-bond donors (Lipinski definition) is 1. The minimum absolute atomic E-state index is 0.0465. The Kier molecular flexibility index (Phi) is 20.9. The van der Waals surface area contributed by atoms with Crippen LogP contribution < -0.4 is 0 Å². The molecule has 6 heteroatoms. The van der Waals surface area contributed by atoms with E-state index in [0.717, 1.165) is 12.7 Å². The molecule has 1 aliphatic rings. The van der Waals surface area contributed by atoms with Crippen LogP contribution in [0.5, 0.6) is 0 Å². The van der Waals surface area contributed by atoms with Crippen LogP contribution in [-0.2, 0) is 23.8 Å². The van der Waals surface area contributed by atoms with Crippen molar-refractivity contribution in [3.05, 3.63) is 25.3 Å².